The molecule has 0 spiro atoms. The van der Waals surface area contributed by atoms with Gasteiger partial charge >= 0.3 is 17.9 Å². The Morgan fingerprint density at radius 2 is 1.77 bits per heavy atom. The van der Waals surface area contributed by atoms with Crippen LogP contribution in [0.5, 0.6) is 5.75 Å². The molecule has 2 fully saturated rings. The number of amides is 2. The summed E-state index contributed by atoms with van der Waals surface area (Å²) in [6.45, 7) is 12.2. The molecule has 13 heteroatoms. The zero-order valence-corrected chi connectivity index (χ0v) is 30.4. The van der Waals surface area contributed by atoms with Gasteiger partial charge < -0.3 is 28.9 Å². The van der Waals surface area contributed by atoms with Crippen LogP contribution < -0.4 is 15.3 Å². The normalized spacial score (nSPS) is 21.6. The van der Waals surface area contributed by atoms with Crippen molar-refractivity contribution in [1.82, 2.24) is 19.4 Å². The van der Waals surface area contributed by atoms with Crippen LogP contribution in [0.15, 0.2) is 45.7 Å². The molecular weight excluding hydrogens is 702 g/mol. The third-order valence-corrected chi connectivity index (χ3v) is 10.7. The number of hydrogen-bond donors (Lipinski definition) is 0. The fourth-order valence-corrected chi connectivity index (χ4v) is 7.57. The van der Waals surface area contributed by atoms with Crippen molar-refractivity contribution in [3.63, 3.8) is 0 Å². The zero-order chi connectivity index (χ0) is 34.3. The Hall–Kier alpha value is -3.51. The molecule has 2 aromatic carbocycles. The number of likely N-dealkylation sites (tertiary alicyclic amines) is 1. The van der Waals surface area contributed by atoms with Gasteiger partial charge in [0.2, 0.25) is 0 Å². The summed E-state index contributed by atoms with van der Waals surface area (Å²) in [5, 5.41) is 1.19. The minimum absolute atomic E-state index is 0.144. The summed E-state index contributed by atoms with van der Waals surface area (Å²) in [4.78, 5) is 50.0. The van der Waals surface area contributed by atoms with Crippen LogP contribution >= 0.6 is 27.5 Å². The second kappa shape index (κ2) is 13.8. The first-order valence-electron chi connectivity index (χ1n) is 16.6. The Morgan fingerprint density at radius 1 is 1.06 bits per heavy atom. The standard InChI is InChI=1S/C35H43BrClN5O6/c1-21-18-41(34(45)48-35(3,4)5)22(2)17-40(21)31-26-16-27(37)28(36)30-29(26)42(32(43)38-31)25(20-46-30)15-23-11-13-39(14-12-23)33(44)47-19-24-9-7-6-8-10-24/h6-10,16,21-23,25H,11-15,17-20H2,1-5H3/t21-,22+,25+/m0/s1. The van der Waals surface area contributed by atoms with E-state index in [0.717, 1.165) is 23.8 Å². The van der Waals surface area contributed by atoms with Crippen molar-refractivity contribution in [2.24, 2.45) is 5.92 Å². The van der Waals surface area contributed by atoms with Gasteiger partial charge in [-0.1, -0.05) is 41.9 Å². The average Bonchev–Trinajstić information content (AvgIpc) is 3.04. The Morgan fingerprint density at radius 3 is 2.46 bits per heavy atom. The average molecular weight is 745 g/mol. The number of rotatable bonds is 5. The van der Waals surface area contributed by atoms with Crippen molar-refractivity contribution in [2.75, 3.05) is 37.7 Å². The highest BCUT2D eigenvalue weighted by atomic mass is 79.9. The van der Waals surface area contributed by atoms with Crippen LogP contribution in [0.4, 0.5) is 15.4 Å². The first kappa shape index (κ1) is 34.4. The number of ether oxygens (including phenoxy) is 3. The Kier molecular flexibility index (Phi) is 9.86. The number of carbonyl (C=O) groups excluding carboxylic acids is 2. The Bertz CT molecular complexity index is 1740. The molecule has 48 heavy (non-hydrogen) atoms. The van der Waals surface area contributed by atoms with Gasteiger partial charge in [-0.3, -0.25) is 4.57 Å². The van der Waals surface area contributed by atoms with Gasteiger partial charge in [0.05, 0.1) is 15.5 Å². The van der Waals surface area contributed by atoms with E-state index in [2.05, 4.69) is 25.8 Å². The summed E-state index contributed by atoms with van der Waals surface area (Å²) in [6, 6.07) is 10.9. The van der Waals surface area contributed by atoms with Crippen molar-refractivity contribution in [3.05, 3.63) is 61.9 Å². The second-order valence-corrected chi connectivity index (χ2v) is 15.3. The van der Waals surface area contributed by atoms with E-state index in [1.807, 2.05) is 71.0 Å². The maximum atomic E-state index is 14.0. The van der Waals surface area contributed by atoms with E-state index in [0.29, 0.717) is 65.8 Å². The molecule has 3 aliphatic heterocycles. The molecule has 0 N–H and O–H groups in total. The van der Waals surface area contributed by atoms with Crippen LogP contribution in [0.2, 0.25) is 5.02 Å². The summed E-state index contributed by atoms with van der Waals surface area (Å²) in [7, 11) is 0. The number of carbonyl (C=O) groups is 2. The molecule has 3 aromatic rings. The van der Waals surface area contributed by atoms with E-state index in [4.69, 9.17) is 25.8 Å². The zero-order valence-electron chi connectivity index (χ0n) is 28.1. The summed E-state index contributed by atoms with van der Waals surface area (Å²) in [5.74, 6) is 1.34. The van der Waals surface area contributed by atoms with Crippen molar-refractivity contribution >= 4 is 56.4 Å². The highest BCUT2D eigenvalue weighted by Crippen LogP contribution is 2.45. The summed E-state index contributed by atoms with van der Waals surface area (Å²) in [5.41, 5.74) is 0.663. The number of halogens is 2. The Labute approximate surface area is 294 Å². The molecule has 3 atom stereocenters. The Balaban J connectivity index is 1.20. The predicted octanol–water partition coefficient (Wildman–Crippen LogP) is 7.02. The second-order valence-electron chi connectivity index (χ2n) is 14.1. The number of anilines is 1. The van der Waals surface area contributed by atoms with Gasteiger partial charge in [0.25, 0.3) is 0 Å². The monoisotopic (exact) mass is 743 g/mol. The molecule has 2 amide bonds. The maximum Gasteiger partial charge on any atom is 0.410 e. The first-order valence-corrected chi connectivity index (χ1v) is 17.8. The molecule has 258 valence electrons. The van der Waals surface area contributed by atoms with E-state index in [1.165, 1.54) is 0 Å². The molecule has 0 radical (unpaired) electrons. The topological polar surface area (TPSA) is 106 Å². The smallest absolute Gasteiger partial charge is 0.410 e. The highest BCUT2D eigenvalue weighted by molar-refractivity contribution is 9.10. The molecule has 1 aromatic heterocycles. The third kappa shape index (κ3) is 7.10. The molecule has 3 aliphatic rings. The predicted molar refractivity (Wildman–Crippen MR) is 188 cm³/mol. The van der Waals surface area contributed by atoms with Crippen molar-refractivity contribution in [1.29, 1.82) is 0 Å². The van der Waals surface area contributed by atoms with Gasteiger partial charge in [-0.25, -0.2) is 14.4 Å². The molecule has 11 nitrogen and oxygen atoms in total. The van der Waals surface area contributed by atoms with Gasteiger partial charge in [-0.2, -0.15) is 4.98 Å². The lowest BCUT2D eigenvalue weighted by atomic mass is 9.90. The molecular formula is C35H43BrClN5O6. The van der Waals surface area contributed by atoms with Gasteiger partial charge in [-0.05, 0) is 87.4 Å². The van der Waals surface area contributed by atoms with E-state index in [1.54, 1.807) is 14.4 Å². The van der Waals surface area contributed by atoms with Crippen LogP contribution in [-0.4, -0.2) is 82.0 Å². The van der Waals surface area contributed by atoms with Crippen LogP contribution in [0.3, 0.4) is 0 Å². The minimum Gasteiger partial charge on any atom is -0.488 e. The number of piperazine rings is 1. The van der Waals surface area contributed by atoms with Gasteiger partial charge in [0, 0.05) is 43.6 Å². The summed E-state index contributed by atoms with van der Waals surface area (Å²) in [6.07, 6.45) is 1.65. The SMILES string of the molecule is C[C@@H]1CN(c2nc(=O)n3c4c(c(Br)c(Cl)cc24)OC[C@H]3CC2CCN(C(=O)OCc3ccccc3)CC2)[C@@H](C)CN1C(=O)OC(C)(C)C. The highest BCUT2D eigenvalue weighted by Gasteiger charge is 2.38. The molecule has 0 saturated carbocycles. The fraction of sp³-hybridized carbons (Fsp3) is 0.543. The lowest BCUT2D eigenvalue weighted by molar-refractivity contribution is 0.0130. The largest absolute Gasteiger partial charge is 0.488 e. The molecule has 2 saturated heterocycles. The third-order valence-electron chi connectivity index (χ3n) is 9.39. The van der Waals surface area contributed by atoms with Crippen LogP contribution in [0, 0.1) is 5.92 Å². The first-order chi connectivity index (χ1) is 22.8. The fourth-order valence-electron chi connectivity index (χ4n) is 6.96. The maximum absolute atomic E-state index is 14.0. The summed E-state index contributed by atoms with van der Waals surface area (Å²) < 4.78 is 19.9. The van der Waals surface area contributed by atoms with Crippen molar-refractivity contribution in [2.45, 2.75) is 84.2 Å². The van der Waals surface area contributed by atoms with Gasteiger partial charge in [0.1, 0.15) is 30.1 Å². The molecule has 0 aliphatic carbocycles. The molecule has 0 bridgehead atoms. The van der Waals surface area contributed by atoms with Crippen molar-refractivity contribution in [3.8, 4) is 5.75 Å². The quantitative estimate of drug-likeness (QED) is 0.275. The number of nitrogens with zero attached hydrogens (tertiary/aromatic N) is 5. The molecule has 6 rings (SSSR count). The molecule has 4 heterocycles. The lowest BCUT2D eigenvalue weighted by Gasteiger charge is -2.45. The lowest BCUT2D eigenvalue weighted by Crippen LogP contribution is -2.59. The number of piperidine rings is 1. The van der Waals surface area contributed by atoms with E-state index in [9.17, 15) is 14.4 Å². The van der Waals surface area contributed by atoms with Crippen molar-refractivity contribution < 1.29 is 23.8 Å². The van der Waals surface area contributed by atoms with Crippen LogP contribution in [0.1, 0.15) is 65.5 Å². The van der Waals surface area contributed by atoms with E-state index in [-0.39, 0.29) is 48.5 Å². The number of hydrogen-bond acceptors (Lipinski definition) is 8. The van der Waals surface area contributed by atoms with Gasteiger partial charge in [-0.15, -0.1) is 0 Å². The van der Waals surface area contributed by atoms with E-state index < -0.39 is 5.60 Å². The van der Waals surface area contributed by atoms with Crippen LogP contribution in [-0.2, 0) is 16.1 Å². The minimum atomic E-state index is -0.602. The van der Waals surface area contributed by atoms with E-state index >= 15 is 0 Å². The molecule has 0 unspecified atom stereocenters. The summed E-state index contributed by atoms with van der Waals surface area (Å²) >= 11 is 10.3. The van der Waals surface area contributed by atoms with Gasteiger partial charge in [0.15, 0.2) is 5.75 Å². The number of benzene rings is 2. The number of aromatic nitrogens is 2. The van der Waals surface area contributed by atoms with Crippen LogP contribution in [0.25, 0.3) is 10.9 Å².